The molecule has 2 heterocycles. The van der Waals surface area contributed by atoms with Gasteiger partial charge in [-0.2, -0.15) is 0 Å². The summed E-state index contributed by atoms with van der Waals surface area (Å²) in [5.41, 5.74) is 11.8. The normalized spacial score (nSPS) is 14.1. The maximum absolute atomic E-state index is 6.68. The maximum atomic E-state index is 6.68. The Morgan fingerprint density at radius 1 is 0.632 bits per heavy atom. The molecule has 1 fully saturated rings. The predicted molar refractivity (Wildman–Crippen MR) is 155 cm³/mol. The highest BCUT2D eigenvalue weighted by molar-refractivity contribution is 5.73. The number of aryl methyl sites for hydroxylation is 1. The van der Waals surface area contributed by atoms with E-state index in [1.165, 1.54) is 80.4 Å². The van der Waals surface area contributed by atoms with E-state index in [4.69, 9.17) is 5.73 Å². The first-order chi connectivity index (χ1) is 18.3. The molecule has 3 aromatic carbocycles. The average Bonchev–Trinajstić information content (AvgIpc) is 3.22. The van der Waals surface area contributed by atoms with Crippen LogP contribution in [0.5, 0.6) is 0 Å². The average molecular weight is 532 g/mol. The lowest BCUT2D eigenvalue weighted by Crippen LogP contribution is -3.00. The topological polar surface area (TPSA) is 41.3 Å². The molecule has 1 aromatic heterocycles. The van der Waals surface area contributed by atoms with Crippen molar-refractivity contribution in [3.05, 3.63) is 90.5 Å². The summed E-state index contributed by atoms with van der Waals surface area (Å²) < 4.78 is 4.57. The van der Waals surface area contributed by atoms with Crippen molar-refractivity contribution in [1.29, 1.82) is 0 Å². The van der Waals surface area contributed by atoms with Gasteiger partial charge >= 0.3 is 5.95 Å². The van der Waals surface area contributed by atoms with Crippen molar-refractivity contribution in [2.24, 2.45) is 0 Å². The first-order valence-corrected chi connectivity index (χ1v) is 14.1. The van der Waals surface area contributed by atoms with Crippen LogP contribution in [-0.2, 0) is 13.1 Å². The number of fused-ring (bicyclic) bond motifs is 1. The second-order valence-electron chi connectivity index (χ2n) is 10.4. The number of nitrogens with two attached hydrogens (primary N) is 1. The highest BCUT2D eigenvalue weighted by Crippen LogP contribution is 2.19. The lowest BCUT2D eigenvalue weighted by Gasteiger charge is -2.36. The lowest BCUT2D eigenvalue weighted by atomic mass is 10.1. The van der Waals surface area contributed by atoms with Crippen molar-refractivity contribution in [2.75, 3.05) is 43.4 Å². The van der Waals surface area contributed by atoms with Crippen molar-refractivity contribution < 1.29 is 17.0 Å². The molecule has 0 spiro atoms. The summed E-state index contributed by atoms with van der Waals surface area (Å²) in [5, 5.41) is 0. The van der Waals surface area contributed by atoms with E-state index in [9.17, 15) is 0 Å². The third-order valence-corrected chi connectivity index (χ3v) is 7.80. The highest BCUT2D eigenvalue weighted by atomic mass is 35.5. The summed E-state index contributed by atoms with van der Waals surface area (Å²) in [6.45, 7) is 7.70. The summed E-state index contributed by atoms with van der Waals surface area (Å²) in [4.78, 5) is 5.16. The van der Waals surface area contributed by atoms with Crippen LogP contribution < -0.4 is 27.6 Å². The van der Waals surface area contributed by atoms with Crippen LogP contribution in [0.3, 0.4) is 0 Å². The number of hydrogen-bond acceptors (Lipinski definition) is 3. The molecule has 0 aliphatic carbocycles. The molecule has 0 unspecified atom stereocenters. The fraction of sp³-hybridized carbons (Fsp3) is 0.406. The summed E-state index contributed by atoms with van der Waals surface area (Å²) in [6.07, 6.45) is 7.74. The van der Waals surface area contributed by atoms with Gasteiger partial charge in [-0.1, -0.05) is 86.3 Å². The Bertz CT molecular complexity index is 1230. The molecule has 202 valence electrons. The van der Waals surface area contributed by atoms with Crippen LogP contribution in [0, 0.1) is 0 Å². The largest absolute Gasteiger partial charge is 1.00 e. The Hall–Kier alpha value is -3.02. The van der Waals surface area contributed by atoms with Gasteiger partial charge in [0.15, 0.2) is 0 Å². The number of hydrogen-bond donors (Lipinski definition) is 1. The number of imidazole rings is 1. The third-order valence-electron chi connectivity index (χ3n) is 7.80. The summed E-state index contributed by atoms with van der Waals surface area (Å²) in [5.74, 6) is 0.859. The molecule has 2 N–H and O–H groups in total. The van der Waals surface area contributed by atoms with E-state index < -0.39 is 0 Å². The summed E-state index contributed by atoms with van der Waals surface area (Å²) in [7, 11) is 0. The lowest BCUT2D eigenvalue weighted by molar-refractivity contribution is -0.648. The number of nitrogens with zero attached hydrogens (tertiary/aromatic N) is 4. The Labute approximate surface area is 234 Å². The maximum Gasteiger partial charge on any atom is 0.356 e. The van der Waals surface area contributed by atoms with Gasteiger partial charge in [-0.25, -0.2) is 9.13 Å². The fourth-order valence-corrected chi connectivity index (χ4v) is 5.66. The number of nitrogen functional groups attached to an aromatic ring is 1. The van der Waals surface area contributed by atoms with E-state index in [0.29, 0.717) is 0 Å². The minimum absolute atomic E-state index is 0. The molecule has 0 radical (unpaired) electrons. The van der Waals surface area contributed by atoms with Gasteiger partial charge in [-0.15, -0.1) is 0 Å². The zero-order valence-electron chi connectivity index (χ0n) is 22.5. The smallest absolute Gasteiger partial charge is 0.356 e. The molecule has 5 rings (SSSR count). The van der Waals surface area contributed by atoms with Gasteiger partial charge in [0.25, 0.3) is 0 Å². The fourth-order valence-electron chi connectivity index (χ4n) is 5.66. The van der Waals surface area contributed by atoms with Crippen LogP contribution in [0.2, 0.25) is 0 Å². The predicted octanol–water partition coefficient (Wildman–Crippen LogP) is 2.73. The van der Waals surface area contributed by atoms with Crippen molar-refractivity contribution in [3.63, 3.8) is 0 Å². The second-order valence-corrected chi connectivity index (χ2v) is 10.4. The zero-order chi connectivity index (χ0) is 25.3. The molecule has 0 saturated carbocycles. The summed E-state index contributed by atoms with van der Waals surface area (Å²) in [6, 6.07) is 30.0. The van der Waals surface area contributed by atoms with Crippen LogP contribution in [0.4, 0.5) is 11.6 Å². The minimum Gasteiger partial charge on any atom is -1.00 e. The molecular formula is C32H42ClN5. The highest BCUT2D eigenvalue weighted by Gasteiger charge is 2.20. The van der Waals surface area contributed by atoms with Crippen LogP contribution in [0.25, 0.3) is 11.0 Å². The van der Waals surface area contributed by atoms with Crippen molar-refractivity contribution in [2.45, 2.75) is 51.6 Å². The zero-order valence-corrected chi connectivity index (χ0v) is 23.3. The minimum atomic E-state index is 0. The molecule has 4 aromatic rings. The van der Waals surface area contributed by atoms with Gasteiger partial charge in [0.05, 0.1) is 13.1 Å². The van der Waals surface area contributed by atoms with Gasteiger partial charge in [-0.3, -0.25) is 10.6 Å². The number of piperazine rings is 1. The number of unbranched alkanes of at least 4 members (excludes halogenated alkanes) is 5. The van der Waals surface area contributed by atoms with Gasteiger partial charge in [0.2, 0.25) is 0 Å². The van der Waals surface area contributed by atoms with Crippen molar-refractivity contribution in [1.82, 2.24) is 9.47 Å². The number of aromatic nitrogens is 2. The Balaban J connectivity index is 0.00000336. The van der Waals surface area contributed by atoms with Gasteiger partial charge < -0.3 is 17.3 Å². The molecule has 1 aliphatic heterocycles. The molecule has 6 heteroatoms. The SMILES string of the molecule is Nc1n(CCCCCCCCN2CCN(c3ccccc3)CC2)c2ccccc2[n+]1Cc1ccccc1.[Cl-]. The van der Waals surface area contributed by atoms with Crippen LogP contribution in [0.1, 0.15) is 44.1 Å². The molecule has 0 amide bonds. The number of benzene rings is 3. The van der Waals surface area contributed by atoms with E-state index in [1.807, 2.05) is 0 Å². The van der Waals surface area contributed by atoms with Crippen LogP contribution >= 0.6 is 0 Å². The summed E-state index contributed by atoms with van der Waals surface area (Å²) >= 11 is 0. The second kappa shape index (κ2) is 14.2. The van der Waals surface area contributed by atoms with Gasteiger partial charge in [-0.05, 0) is 49.2 Å². The van der Waals surface area contributed by atoms with E-state index >= 15 is 0 Å². The molecule has 5 nitrogen and oxygen atoms in total. The van der Waals surface area contributed by atoms with E-state index in [-0.39, 0.29) is 12.4 Å². The molecule has 1 saturated heterocycles. The van der Waals surface area contributed by atoms with Crippen molar-refractivity contribution >= 4 is 22.7 Å². The van der Waals surface area contributed by atoms with Gasteiger partial charge in [0, 0.05) is 31.9 Å². The Kier molecular flexibility index (Phi) is 10.5. The standard InChI is InChI=1S/C32H41N5.ClH/c33-32-36(30-19-11-12-20-31(30)37(32)27-28-15-7-5-8-16-28)22-14-4-2-1-3-13-21-34-23-25-35(26-24-34)29-17-9-6-10-18-29;/h5-12,15-20,33H,1-4,13-14,21-27H2;1H. The van der Waals surface area contributed by atoms with Gasteiger partial charge in [0.1, 0.15) is 11.0 Å². The van der Waals surface area contributed by atoms with Crippen LogP contribution in [-0.4, -0.2) is 42.2 Å². The first-order valence-electron chi connectivity index (χ1n) is 14.1. The number of halogens is 1. The monoisotopic (exact) mass is 531 g/mol. The first kappa shape index (κ1) is 28.0. The number of anilines is 2. The molecule has 38 heavy (non-hydrogen) atoms. The molecule has 0 atom stereocenters. The van der Waals surface area contributed by atoms with Crippen molar-refractivity contribution in [3.8, 4) is 0 Å². The van der Waals surface area contributed by atoms with Crippen LogP contribution in [0.15, 0.2) is 84.9 Å². The van der Waals surface area contributed by atoms with E-state index in [2.05, 4.69) is 104 Å². The molecule has 1 aliphatic rings. The number of rotatable bonds is 12. The van der Waals surface area contributed by atoms with E-state index in [1.54, 1.807) is 0 Å². The molecular weight excluding hydrogens is 490 g/mol. The Morgan fingerprint density at radius 3 is 1.92 bits per heavy atom. The third kappa shape index (κ3) is 7.09. The quantitative estimate of drug-likeness (QED) is 0.226. The number of para-hydroxylation sites is 3. The Morgan fingerprint density at radius 2 is 1.21 bits per heavy atom. The van der Waals surface area contributed by atoms with E-state index in [0.717, 1.165) is 32.1 Å². The molecule has 0 bridgehead atoms.